The van der Waals surface area contributed by atoms with Crippen LogP contribution in [0.4, 0.5) is 4.39 Å². The minimum atomic E-state index is -0.334. The molecule has 0 bridgehead atoms. The van der Waals surface area contributed by atoms with Crippen LogP contribution in [0, 0.1) is 5.82 Å². The van der Waals surface area contributed by atoms with Gasteiger partial charge in [0, 0.05) is 26.7 Å². The van der Waals surface area contributed by atoms with Gasteiger partial charge in [-0.15, -0.1) is 0 Å². The van der Waals surface area contributed by atoms with E-state index in [1.165, 1.54) is 17.0 Å². The summed E-state index contributed by atoms with van der Waals surface area (Å²) in [4.78, 5) is 13.4. The molecule has 0 radical (unpaired) electrons. The minimum absolute atomic E-state index is 0.0906. The molecule has 1 aromatic rings. The van der Waals surface area contributed by atoms with Gasteiger partial charge in [0.2, 0.25) is 5.91 Å². The Labute approximate surface area is 107 Å². The van der Waals surface area contributed by atoms with Crippen molar-refractivity contribution in [1.29, 1.82) is 0 Å². The van der Waals surface area contributed by atoms with E-state index < -0.39 is 0 Å². The Balaban J connectivity index is 2.49. The van der Waals surface area contributed by atoms with Crippen molar-refractivity contribution >= 4 is 5.91 Å². The molecule has 0 spiro atoms. The summed E-state index contributed by atoms with van der Waals surface area (Å²) in [5.74, 6) is -0.425. The zero-order chi connectivity index (χ0) is 13.5. The molecule has 100 valence electrons. The third kappa shape index (κ3) is 4.81. The average Bonchev–Trinajstić information content (AvgIpc) is 2.29. The van der Waals surface area contributed by atoms with Gasteiger partial charge in [0.1, 0.15) is 5.82 Å². The maximum atomic E-state index is 13.0. The summed E-state index contributed by atoms with van der Waals surface area (Å²) in [6.07, 6.45) is 0.175. The van der Waals surface area contributed by atoms with Crippen molar-refractivity contribution in [3.8, 4) is 0 Å². The molecule has 0 aromatic heterocycles. The smallest absolute Gasteiger partial charge is 0.226 e. The van der Waals surface area contributed by atoms with Crippen molar-refractivity contribution in [2.45, 2.75) is 12.5 Å². The summed E-state index contributed by atoms with van der Waals surface area (Å²) >= 11 is 0. The first-order valence-corrected chi connectivity index (χ1v) is 5.76. The van der Waals surface area contributed by atoms with Crippen LogP contribution in [-0.2, 0) is 16.0 Å². The van der Waals surface area contributed by atoms with Crippen molar-refractivity contribution in [2.24, 2.45) is 5.73 Å². The van der Waals surface area contributed by atoms with Gasteiger partial charge in [-0.3, -0.25) is 4.79 Å². The number of amides is 1. The number of likely N-dealkylation sites (N-methyl/N-ethyl adjacent to an activating group) is 1. The number of nitrogens with two attached hydrogens (primary N) is 1. The zero-order valence-corrected chi connectivity index (χ0v) is 10.7. The molecule has 0 aliphatic heterocycles. The SMILES string of the molecule is COCC(N)CN(C)C(=O)Cc1cccc(F)c1. The third-order valence-electron chi connectivity index (χ3n) is 2.56. The van der Waals surface area contributed by atoms with Gasteiger partial charge in [-0.1, -0.05) is 12.1 Å². The van der Waals surface area contributed by atoms with E-state index in [9.17, 15) is 9.18 Å². The average molecular weight is 254 g/mol. The van der Waals surface area contributed by atoms with E-state index in [0.29, 0.717) is 18.7 Å². The largest absolute Gasteiger partial charge is 0.383 e. The Morgan fingerprint density at radius 3 is 2.89 bits per heavy atom. The number of rotatable bonds is 6. The van der Waals surface area contributed by atoms with Crippen molar-refractivity contribution in [2.75, 3.05) is 27.3 Å². The highest BCUT2D eigenvalue weighted by Crippen LogP contribution is 2.05. The first-order valence-electron chi connectivity index (χ1n) is 5.76. The van der Waals surface area contributed by atoms with Crippen LogP contribution >= 0.6 is 0 Å². The summed E-state index contributed by atoms with van der Waals surface area (Å²) in [6.45, 7) is 0.819. The van der Waals surface area contributed by atoms with Crippen LogP contribution in [0.15, 0.2) is 24.3 Å². The Kier molecular flexibility index (Phi) is 5.74. The molecular formula is C13H19FN2O2. The highest BCUT2D eigenvalue weighted by atomic mass is 19.1. The lowest BCUT2D eigenvalue weighted by atomic mass is 10.1. The van der Waals surface area contributed by atoms with Crippen LogP contribution < -0.4 is 5.73 Å². The molecule has 0 saturated heterocycles. The molecule has 1 unspecified atom stereocenters. The Morgan fingerprint density at radius 1 is 1.56 bits per heavy atom. The van der Waals surface area contributed by atoms with Gasteiger partial charge >= 0.3 is 0 Å². The van der Waals surface area contributed by atoms with Gasteiger partial charge in [-0.25, -0.2) is 4.39 Å². The molecular weight excluding hydrogens is 235 g/mol. The van der Waals surface area contributed by atoms with Gasteiger partial charge in [0.25, 0.3) is 0 Å². The molecule has 1 rings (SSSR count). The van der Waals surface area contributed by atoms with E-state index in [-0.39, 0.29) is 24.2 Å². The number of hydrogen-bond acceptors (Lipinski definition) is 3. The van der Waals surface area contributed by atoms with Crippen LogP contribution in [0.5, 0.6) is 0 Å². The molecule has 4 nitrogen and oxygen atoms in total. The van der Waals surface area contributed by atoms with Gasteiger partial charge < -0.3 is 15.4 Å². The van der Waals surface area contributed by atoms with E-state index >= 15 is 0 Å². The van der Waals surface area contributed by atoms with Crippen LogP contribution in [0.25, 0.3) is 0 Å². The summed E-state index contributed by atoms with van der Waals surface area (Å²) in [6, 6.07) is 5.82. The van der Waals surface area contributed by atoms with Crippen molar-refractivity contribution in [3.63, 3.8) is 0 Å². The van der Waals surface area contributed by atoms with Crippen LogP contribution in [0.3, 0.4) is 0 Å². The fourth-order valence-electron chi connectivity index (χ4n) is 1.68. The van der Waals surface area contributed by atoms with Gasteiger partial charge in [0.05, 0.1) is 13.0 Å². The Bertz CT molecular complexity index is 398. The third-order valence-corrected chi connectivity index (χ3v) is 2.56. The van der Waals surface area contributed by atoms with E-state index in [0.717, 1.165) is 0 Å². The molecule has 5 heteroatoms. The second kappa shape index (κ2) is 7.08. The van der Waals surface area contributed by atoms with Gasteiger partial charge in [-0.05, 0) is 17.7 Å². The monoisotopic (exact) mass is 254 g/mol. The molecule has 1 aromatic carbocycles. The van der Waals surface area contributed by atoms with Crippen molar-refractivity contribution < 1.29 is 13.9 Å². The lowest BCUT2D eigenvalue weighted by Crippen LogP contribution is -2.41. The fraction of sp³-hybridized carbons (Fsp3) is 0.462. The number of hydrogen-bond donors (Lipinski definition) is 1. The normalized spacial score (nSPS) is 12.2. The molecule has 0 aliphatic rings. The Hall–Kier alpha value is -1.46. The summed E-state index contributed by atoms with van der Waals surface area (Å²) in [5, 5.41) is 0. The predicted octanol–water partition coefficient (Wildman–Crippen LogP) is 0.800. The summed E-state index contributed by atoms with van der Waals surface area (Å²) < 4.78 is 17.9. The number of ether oxygens (including phenoxy) is 1. The zero-order valence-electron chi connectivity index (χ0n) is 10.7. The van der Waals surface area contributed by atoms with E-state index in [1.54, 1.807) is 26.3 Å². The number of carbonyl (C=O) groups is 1. The van der Waals surface area contributed by atoms with E-state index in [4.69, 9.17) is 10.5 Å². The second-order valence-corrected chi connectivity index (χ2v) is 4.30. The van der Waals surface area contributed by atoms with Crippen molar-refractivity contribution in [1.82, 2.24) is 4.90 Å². The number of carbonyl (C=O) groups excluding carboxylic acids is 1. The molecule has 0 saturated carbocycles. The van der Waals surface area contributed by atoms with E-state index in [2.05, 4.69) is 0 Å². The molecule has 18 heavy (non-hydrogen) atoms. The highest BCUT2D eigenvalue weighted by molar-refractivity contribution is 5.78. The minimum Gasteiger partial charge on any atom is -0.383 e. The van der Waals surface area contributed by atoms with Gasteiger partial charge in [0.15, 0.2) is 0 Å². The quantitative estimate of drug-likeness (QED) is 0.817. The lowest BCUT2D eigenvalue weighted by molar-refractivity contribution is -0.129. The molecule has 1 atom stereocenters. The number of halogens is 1. The number of nitrogens with zero attached hydrogens (tertiary/aromatic N) is 1. The van der Waals surface area contributed by atoms with Crippen LogP contribution in [0.1, 0.15) is 5.56 Å². The lowest BCUT2D eigenvalue weighted by Gasteiger charge is -2.21. The predicted molar refractivity (Wildman–Crippen MR) is 67.6 cm³/mol. The van der Waals surface area contributed by atoms with Crippen LogP contribution in [0.2, 0.25) is 0 Å². The highest BCUT2D eigenvalue weighted by Gasteiger charge is 2.13. The summed E-state index contributed by atoms with van der Waals surface area (Å²) in [7, 11) is 3.24. The second-order valence-electron chi connectivity index (χ2n) is 4.30. The van der Waals surface area contributed by atoms with Gasteiger partial charge in [-0.2, -0.15) is 0 Å². The maximum absolute atomic E-state index is 13.0. The summed E-state index contributed by atoms with van der Waals surface area (Å²) in [5.41, 5.74) is 6.42. The van der Waals surface area contributed by atoms with Crippen LogP contribution in [-0.4, -0.2) is 44.2 Å². The molecule has 2 N–H and O–H groups in total. The number of methoxy groups -OCH3 is 1. The molecule has 1 amide bonds. The first kappa shape index (κ1) is 14.6. The topological polar surface area (TPSA) is 55.6 Å². The Morgan fingerprint density at radius 2 is 2.28 bits per heavy atom. The molecule has 0 aliphatic carbocycles. The molecule has 0 fully saturated rings. The standard InChI is InChI=1S/C13H19FN2O2/c1-16(8-12(15)9-18-2)13(17)7-10-4-3-5-11(14)6-10/h3-6,12H,7-9,15H2,1-2H3. The number of benzene rings is 1. The fourth-order valence-corrected chi connectivity index (χ4v) is 1.68. The molecule has 0 heterocycles. The first-order chi connectivity index (χ1) is 8.52. The maximum Gasteiger partial charge on any atom is 0.226 e. The van der Waals surface area contributed by atoms with Crippen molar-refractivity contribution in [3.05, 3.63) is 35.6 Å². The van der Waals surface area contributed by atoms with E-state index in [1.807, 2.05) is 0 Å².